The van der Waals surface area contributed by atoms with Crippen LogP contribution in [-0.2, 0) is 11.3 Å². The van der Waals surface area contributed by atoms with Gasteiger partial charge < -0.3 is 5.32 Å². The lowest BCUT2D eigenvalue weighted by atomic mass is 10.0. The van der Waals surface area contributed by atoms with Crippen molar-refractivity contribution in [3.05, 3.63) is 71.5 Å². The van der Waals surface area contributed by atoms with Crippen molar-refractivity contribution >= 4 is 11.7 Å². The fraction of sp³-hybridized carbons (Fsp3) is 0.364. The average molecular weight is 368 g/mol. The minimum Gasteiger partial charge on any atom is -0.352 e. The van der Waals surface area contributed by atoms with Crippen molar-refractivity contribution in [1.82, 2.24) is 10.2 Å². The van der Waals surface area contributed by atoms with Gasteiger partial charge in [-0.25, -0.2) is 4.39 Å². The zero-order valence-corrected chi connectivity index (χ0v) is 15.4. The number of carbonyl (C=O) groups excluding carboxylic acids is 2. The highest BCUT2D eigenvalue weighted by Gasteiger charge is 2.22. The molecule has 0 unspecified atom stereocenters. The van der Waals surface area contributed by atoms with Crippen LogP contribution < -0.4 is 5.32 Å². The summed E-state index contributed by atoms with van der Waals surface area (Å²) in [7, 11) is 0. The van der Waals surface area contributed by atoms with Gasteiger partial charge in [0.05, 0.1) is 0 Å². The zero-order chi connectivity index (χ0) is 19.1. The SMILES string of the molecule is O=C(CCC(=O)c1ccccc1)N[C@@H]1CCCN(Cc2ccccc2F)C1. The van der Waals surface area contributed by atoms with E-state index in [-0.39, 0.29) is 36.4 Å². The molecule has 1 saturated heterocycles. The Morgan fingerprint density at radius 3 is 2.56 bits per heavy atom. The van der Waals surface area contributed by atoms with Crippen molar-refractivity contribution in [1.29, 1.82) is 0 Å². The smallest absolute Gasteiger partial charge is 0.220 e. The quantitative estimate of drug-likeness (QED) is 0.760. The third-order valence-electron chi connectivity index (χ3n) is 4.90. The van der Waals surface area contributed by atoms with E-state index in [0.717, 1.165) is 19.4 Å². The Kier molecular flexibility index (Phi) is 6.71. The van der Waals surface area contributed by atoms with E-state index in [0.29, 0.717) is 24.2 Å². The van der Waals surface area contributed by atoms with E-state index in [1.807, 2.05) is 24.3 Å². The highest BCUT2D eigenvalue weighted by molar-refractivity contribution is 5.97. The maximum Gasteiger partial charge on any atom is 0.220 e. The number of benzene rings is 2. The maximum atomic E-state index is 13.8. The molecule has 0 spiro atoms. The molecule has 5 heteroatoms. The van der Waals surface area contributed by atoms with E-state index in [9.17, 15) is 14.0 Å². The van der Waals surface area contributed by atoms with Crippen LogP contribution in [0.1, 0.15) is 41.6 Å². The van der Waals surface area contributed by atoms with Gasteiger partial charge >= 0.3 is 0 Å². The molecule has 0 bridgehead atoms. The Bertz CT molecular complexity index is 779. The summed E-state index contributed by atoms with van der Waals surface area (Å²) in [4.78, 5) is 26.5. The topological polar surface area (TPSA) is 49.4 Å². The van der Waals surface area contributed by atoms with Gasteiger partial charge in [-0.2, -0.15) is 0 Å². The summed E-state index contributed by atoms with van der Waals surface area (Å²) < 4.78 is 13.8. The number of rotatable bonds is 7. The molecule has 3 rings (SSSR count). The summed E-state index contributed by atoms with van der Waals surface area (Å²) in [5.74, 6) is -0.310. The van der Waals surface area contributed by atoms with E-state index in [2.05, 4.69) is 10.2 Å². The van der Waals surface area contributed by atoms with Gasteiger partial charge in [-0.05, 0) is 25.5 Å². The first-order chi connectivity index (χ1) is 13.1. The Balaban J connectivity index is 1.45. The summed E-state index contributed by atoms with van der Waals surface area (Å²) in [6, 6.07) is 15.9. The van der Waals surface area contributed by atoms with E-state index >= 15 is 0 Å². The summed E-state index contributed by atoms with van der Waals surface area (Å²) in [6.07, 6.45) is 2.27. The van der Waals surface area contributed by atoms with Gasteiger partial charge in [0.15, 0.2) is 5.78 Å². The lowest BCUT2D eigenvalue weighted by Gasteiger charge is -2.33. The highest BCUT2D eigenvalue weighted by atomic mass is 19.1. The highest BCUT2D eigenvalue weighted by Crippen LogP contribution is 2.16. The van der Waals surface area contributed by atoms with Crippen molar-refractivity contribution in [2.45, 2.75) is 38.3 Å². The Hall–Kier alpha value is -2.53. The van der Waals surface area contributed by atoms with Crippen molar-refractivity contribution in [2.75, 3.05) is 13.1 Å². The summed E-state index contributed by atoms with van der Waals surface area (Å²) in [5.41, 5.74) is 1.32. The first-order valence-corrected chi connectivity index (χ1v) is 9.45. The summed E-state index contributed by atoms with van der Waals surface area (Å²) in [6.45, 7) is 2.14. The largest absolute Gasteiger partial charge is 0.352 e. The van der Waals surface area contributed by atoms with Crippen LogP contribution in [-0.4, -0.2) is 35.7 Å². The number of amides is 1. The number of ketones is 1. The number of carbonyl (C=O) groups is 2. The molecule has 2 aromatic rings. The minimum absolute atomic E-state index is 0.0180. The molecular weight excluding hydrogens is 343 g/mol. The number of hydrogen-bond acceptors (Lipinski definition) is 3. The third-order valence-corrected chi connectivity index (χ3v) is 4.90. The van der Waals surface area contributed by atoms with Crippen LogP contribution in [0.4, 0.5) is 4.39 Å². The van der Waals surface area contributed by atoms with Crippen molar-refractivity contribution in [3.8, 4) is 0 Å². The van der Waals surface area contributed by atoms with Gasteiger partial charge in [0.25, 0.3) is 0 Å². The standard InChI is InChI=1S/C22H25FN2O2/c23-20-11-5-4-9-18(20)15-25-14-6-10-19(16-25)24-22(27)13-12-21(26)17-7-2-1-3-8-17/h1-5,7-9,11,19H,6,10,12-16H2,(H,24,27)/t19-/m1/s1. The minimum atomic E-state index is -0.192. The van der Waals surface area contributed by atoms with Crippen LogP contribution in [0.3, 0.4) is 0 Å². The number of hydrogen-bond donors (Lipinski definition) is 1. The molecular formula is C22H25FN2O2. The summed E-state index contributed by atoms with van der Waals surface area (Å²) >= 11 is 0. The second-order valence-corrected chi connectivity index (χ2v) is 7.02. The van der Waals surface area contributed by atoms with Crippen LogP contribution in [0.5, 0.6) is 0 Å². The lowest BCUT2D eigenvalue weighted by molar-refractivity contribution is -0.122. The second-order valence-electron chi connectivity index (χ2n) is 7.02. The molecule has 0 aromatic heterocycles. The predicted octanol–water partition coefficient (Wildman–Crippen LogP) is 3.57. The van der Waals surface area contributed by atoms with Gasteiger partial charge in [-0.15, -0.1) is 0 Å². The van der Waals surface area contributed by atoms with Crippen molar-refractivity contribution < 1.29 is 14.0 Å². The van der Waals surface area contributed by atoms with Crippen LogP contribution >= 0.6 is 0 Å². The van der Waals surface area contributed by atoms with Crippen LogP contribution in [0.2, 0.25) is 0 Å². The molecule has 142 valence electrons. The summed E-state index contributed by atoms with van der Waals surface area (Å²) in [5, 5.41) is 3.03. The van der Waals surface area contributed by atoms with Gasteiger partial charge in [0.1, 0.15) is 5.82 Å². The number of piperidine rings is 1. The van der Waals surface area contributed by atoms with Gasteiger partial charge in [-0.1, -0.05) is 48.5 Å². The van der Waals surface area contributed by atoms with Crippen molar-refractivity contribution in [2.24, 2.45) is 0 Å². The van der Waals surface area contributed by atoms with E-state index in [1.165, 1.54) is 6.07 Å². The predicted molar refractivity (Wildman–Crippen MR) is 103 cm³/mol. The first-order valence-electron chi connectivity index (χ1n) is 9.45. The maximum absolute atomic E-state index is 13.8. The van der Waals surface area contributed by atoms with Gasteiger partial charge in [0, 0.05) is 43.1 Å². The molecule has 1 N–H and O–H groups in total. The molecule has 1 atom stereocenters. The number of Topliss-reactive ketones (excluding diaryl/α,β-unsaturated/α-hetero) is 1. The average Bonchev–Trinajstić information content (AvgIpc) is 2.69. The zero-order valence-electron chi connectivity index (χ0n) is 15.4. The molecule has 1 amide bonds. The molecule has 2 aromatic carbocycles. The molecule has 1 aliphatic rings. The monoisotopic (exact) mass is 368 g/mol. The van der Waals surface area contributed by atoms with Gasteiger partial charge in [0.2, 0.25) is 5.91 Å². The third kappa shape index (κ3) is 5.73. The Labute approximate surface area is 159 Å². The molecule has 27 heavy (non-hydrogen) atoms. The van der Waals surface area contributed by atoms with E-state index < -0.39 is 0 Å². The fourth-order valence-corrected chi connectivity index (χ4v) is 3.48. The molecule has 1 heterocycles. The molecule has 0 saturated carbocycles. The lowest BCUT2D eigenvalue weighted by Crippen LogP contribution is -2.47. The molecule has 1 fully saturated rings. The van der Waals surface area contributed by atoms with Crippen molar-refractivity contribution in [3.63, 3.8) is 0 Å². The number of nitrogens with one attached hydrogen (secondary N) is 1. The number of likely N-dealkylation sites (tertiary alicyclic amines) is 1. The number of halogens is 1. The molecule has 0 radical (unpaired) electrons. The first kappa shape index (κ1) is 19.2. The fourth-order valence-electron chi connectivity index (χ4n) is 3.48. The Morgan fingerprint density at radius 2 is 1.78 bits per heavy atom. The van der Waals surface area contributed by atoms with E-state index in [4.69, 9.17) is 0 Å². The molecule has 0 aliphatic carbocycles. The number of nitrogens with zero attached hydrogens (tertiary/aromatic N) is 1. The molecule has 4 nitrogen and oxygen atoms in total. The van der Waals surface area contributed by atoms with E-state index in [1.54, 1.807) is 24.3 Å². The van der Waals surface area contributed by atoms with Crippen LogP contribution in [0.15, 0.2) is 54.6 Å². The second kappa shape index (κ2) is 9.42. The normalized spacial score (nSPS) is 17.4. The van der Waals surface area contributed by atoms with Crippen LogP contribution in [0, 0.1) is 5.82 Å². The van der Waals surface area contributed by atoms with Crippen LogP contribution in [0.25, 0.3) is 0 Å². The van der Waals surface area contributed by atoms with Gasteiger partial charge in [-0.3, -0.25) is 14.5 Å². The Morgan fingerprint density at radius 1 is 1.04 bits per heavy atom. The molecule has 1 aliphatic heterocycles.